The molecule has 0 aliphatic carbocycles. The van der Waals surface area contributed by atoms with Gasteiger partial charge in [-0.3, -0.25) is 14.2 Å². The molecule has 9 heteroatoms. The molecule has 26 heavy (non-hydrogen) atoms. The fourth-order valence-electron chi connectivity index (χ4n) is 2.42. The minimum atomic E-state index is -0.125. The average molecular weight is 457 g/mol. The Morgan fingerprint density at radius 2 is 2.08 bits per heavy atom. The van der Waals surface area contributed by atoms with E-state index >= 15 is 0 Å². The molecule has 0 bridgehead atoms. The summed E-state index contributed by atoms with van der Waals surface area (Å²) in [5.74, 6) is 0.354. The second kappa shape index (κ2) is 8.24. The number of aromatic nitrogens is 4. The molecule has 3 rings (SSSR count). The molecule has 3 aromatic rings. The van der Waals surface area contributed by atoms with Gasteiger partial charge in [0.2, 0.25) is 5.91 Å². The van der Waals surface area contributed by atoms with Gasteiger partial charge in [-0.25, -0.2) is 0 Å². The molecule has 0 aliphatic heterocycles. The molecular formula is C17H16BrCl2N5O. The molecule has 0 aliphatic rings. The second-order valence-corrected chi connectivity index (χ2v) is 7.43. The van der Waals surface area contributed by atoms with Crippen molar-refractivity contribution >= 4 is 50.9 Å². The highest BCUT2D eigenvalue weighted by Gasteiger charge is 2.12. The molecule has 1 aromatic carbocycles. The minimum Gasteiger partial charge on any atom is -0.308 e. The normalized spacial score (nSPS) is 10.9. The molecular weight excluding hydrogens is 441 g/mol. The van der Waals surface area contributed by atoms with E-state index in [0.717, 1.165) is 11.3 Å². The van der Waals surface area contributed by atoms with Crippen molar-refractivity contribution in [3.05, 3.63) is 62.4 Å². The van der Waals surface area contributed by atoms with Gasteiger partial charge in [0.05, 0.1) is 21.1 Å². The quantitative estimate of drug-likeness (QED) is 0.592. The first-order chi connectivity index (χ1) is 12.4. The topological polar surface area (TPSA) is 64.7 Å². The van der Waals surface area contributed by atoms with Crippen molar-refractivity contribution in [2.24, 2.45) is 0 Å². The fourth-order valence-corrected chi connectivity index (χ4v) is 3.16. The molecule has 2 aromatic heterocycles. The van der Waals surface area contributed by atoms with Gasteiger partial charge in [-0.15, -0.1) is 0 Å². The van der Waals surface area contributed by atoms with Crippen molar-refractivity contribution in [1.82, 2.24) is 19.6 Å². The van der Waals surface area contributed by atoms with Gasteiger partial charge in [0, 0.05) is 31.1 Å². The second-order valence-electron chi connectivity index (χ2n) is 5.77. The Morgan fingerprint density at radius 1 is 1.27 bits per heavy atom. The summed E-state index contributed by atoms with van der Waals surface area (Å²) >= 11 is 15.4. The van der Waals surface area contributed by atoms with Crippen LogP contribution in [0.5, 0.6) is 0 Å². The van der Waals surface area contributed by atoms with Crippen molar-refractivity contribution in [1.29, 1.82) is 0 Å². The van der Waals surface area contributed by atoms with Gasteiger partial charge in [-0.1, -0.05) is 29.3 Å². The molecule has 0 fully saturated rings. The van der Waals surface area contributed by atoms with Gasteiger partial charge < -0.3 is 5.32 Å². The number of halogens is 3. The largest absolute Gasteiger partial charge is 0.308 e. The summed E-state index contributed by atoms with van der Waals surface area (Å²) < 4.78 is 4.22. The Morgan fingerprint density at radius 3 is 2.77 bits per heavy atom. The predicted molar refractivity (Wildman–Crippen MR) is 106 cm³/mol. The number of nitrogens with zero attached hydrogens (tertiary/aromatic N) is 4. The monoisotopic (exact) mass is 455 g/mol. The number of benzene rings is 1. The third-order valence-electron chi connectivity index (χ3n) is 3.78. The highest BCUT2D eigenvalue weighted by atomic mass is 79.9. The van der Waals surface area contributed by atoms with E-state index in [0.29, 0.717) is 39.8 Å². The van der Waals surface area contributed by atoms with Gasteiger partial charge in [0.25, 0.3) is 0 Å². The molecule has 0 radical (unpaired) electrons. The summed E-state index contributed by atoms with van der Waals surface area (Å²) in [4.78, 5) is 12.2. The molecule has 2 heterocycles. The smallest absolute Gasteiger partial charge is 0.227 e. The number of nitrogens with one attached hydrogen (secondary N) is 1. The Bertz CT molecular complexity index is 937. The van der Waals surface area contributed by atoms with Gasteiger partial charge in [-0.2, -0.15) is 10.2 Å². The first kappa shape index (κ1) is 18.9. The first-order valence-corrected chi connectivity index (χ1v) is 9.42. The maximum atomic E-state index is 12.2. The van der Waals surface area contributed by atoms with Crippen molar-refractivity contribution in [3.63, 3.8) is 0 Å². The molecule has 0 saturated heterocycles. The number of carbonyl (C=O) groups excluding carboxylic acids is 1. The lowest BCUT2D eigenvalue weighted by Crippen LogP contribution is -2.16. The summed E-state index contributed by atoms with van der Waals surface area (Å²) in [6.07, 6.45) is 3.83. The van der Waals surface area contributed by atoms with Crippen LogP contribution < -0.4 is 5.32 Å². The number of hydrogen-bond acceptors (Lipinski definition) is 3. The Kier molecular flexibility index (Phi) is 6.01. The average Bonchev–Trinajstić information content (AvgIpc) is 3.15. The lowest BCUT2D eigenvalue weighted by atomic mass is 10.2. The molecule has 0 unspecified atom stereocenters. The zero-order valence-corrected chi connectivity index (χ0v) is 17.0. The van der Waals surface area contributed by atoms with Gasteiger partial charge in [0.1, 0.15) is 0 Å². The standard InChI is InChI=1S/C17H16BrCl2N5O/c1-11-4-6-21-25(11)7-5-16(26)22-17-13(18)10-24(23-17)9-12-2-3-14(19)15(20)8-12/h2-4,6,8,10H,5,7,9H2,1H3,(H,22,23,26). The van der Waals surface area contributed by atoms with Gasteiger partial charge >= 0.3 is 0 Å². The van der Waals surface area contributed by atoms with Crippen LogP contribution in [-0.4, -0.2) is 25.5 Å². The number of anilines is 1. The molecule has 0 saturated carbocycles. The highest BCUT2D eigenvalue weighted by Crippen LogP contribution is 2.24. The number of hydrogen-bond donors (Lipinski definition) is 1. The van der Waals surface area contributed by atoms with E-state index in [1.807, 2.05) is 19.1 Å². The Hall–Kier alpha value is -1.83. The zero-order valence-electron chi connectivity index (χ0n) is 13.9. The van der Waals surface area contributed by atoms with Gasteiger partial charge in [0.15, 0.2) is 5.82 Å². The van der Waals surface area contributed by atoms with Crippen LogP contribution in [0.1, 0.15) is 17.7 Å². The summed E-state index contributed by atoms with van der Waals surface area (Å²) in [6, 6.07) is 7.33. The molecule has 1 amide bonds. The van der Waals surface area contributed by atoms with Crippen molar-refractivity contribution < 1.29 is 4.79 Å². The summed E-state index contributed by atoms with van der Waals surface area (Å²) in [6.45, 7) is 2.98. The fraction of sp³-hybridized carbons (Fsp3) is 0.235. The van der Waals surface area contributed by atoms with Crippen molar-refractivity contribution in [2.45, 2.75) is 26.4 Å². The van der Waals surface area contributed by atoms with Crippen LogP contribution in [0.25, 0.3) is 0 Å². The van der Waals surface area contributed by atoms with Crippen LogP contribution in [-0.2, 0) is 17.9 Å². The van der Waals surface area contributed by atoms with Crippen LogP contribution in [0.3, 0.4) is 0 Å². The van der Waals surface area contributed by atoms with Crippen LogP contribution in [0.2, 0.25) is 10.0 Å². The first-order valence-electron chi connectivity index (χ1n) is 7.87. The van der Waals surface area contributed by atoms with Crippen molar-refractivity contribution in [2.75, 3.05) is 5.32 Å². The lowest BCUT2D eigenvalue weighted by molar-refractivity contribution is -0.116. The van der Waals surface area contributed by atoms with Crippen LogP contribution in [0.4, 0.5) is 5.82 Å². The molecule has 0 spiro atoms. The number of rotatable bonds is 6. The minimum absolute atomic E-state index is 0.125. The number of aryl methyl sites for hydroxylation is 2. The SMILES string of the molecule is Cc1ccnn1CCC(=O)Nc1nn(Cc2ccc(Cl)c(Cl)c2)cc1Br. The Balaban J connectivity index is 1.61. The molecule has 136 valence electrons. The lowest BCUT2D eigenvalue weighted by Gasteiger charge is -2.05. The van der Waals surface area contributed by atoms with E-state index in [1.54, 1.807) is 33.9 Å². The van der Waals surface area contributed by atoms with E-state index < -0.39 is 0 Å². The van der Waals surface area contributed by atoms with E-state index in [9.17, 15) is 4.79 Å². The summed E-state index contributed by atoms with van der Waals surface area (Å²) in [5, 5.41) is 12.4. The molecule has 1 N–H and O–H groups in total. The van der Waals surface area contributed by atoms with Crippen LogP contribution in [0, 0.1) is 6.92 Å². The van der Waals surface area contributed by atoms with E-state index in [-0.39, 0.29) is 5.91 Å². The third-order valence-corrected chi connectivity index (χ3v) is 5.10. The van der Waals surface area contributed by atoms with Crippen molar-refractivity contribution in [3.8, 4) is 0 Å². The third kappa shape index (κ3) is 4.66. The maximum Gasteiger partial charge on any atom is 0.227 e. The van der Waals surface area contributed by atoms with E-state index in [4.69, 9.17) is 23.2 Å². The molecule has 0 atom stereocenters. The highest BCUT2D eigenvalue weighted by molar-refractivity contribution is 9.10. The Labute approximate surface area is 169 Å². The number of amides is 1. The zero-order chi connectivity index (χ0) is 18.7. The van der Waals surface area contributed by atoms with E-state index in [1.165, 1.54) is 0 Å². The molecule has 6 nitrogen and oxygen atoms in total. The predicted octanol–water partition coefficient (Wildman–Crippen LogP) is 4.53. The van der Waals surface area contributed by atoms with Gasteiger partial charge in [-0.05, 0) is 46.6 Å². The summed E-state index contributed by atoms with van der Waals surface area (Å²) in [7, 11) is 0. The van der Waals surface area contributed by atoms with Crippen LogP contribution in [0.15, 0.2) is 41.1 Å². The maximum absolute atomic E-state index is 12.2. The summed E-state index contributed by atoms with van der Waals surface area (Å²) in [5.41, 5.74) is 1.98. The van der Waals surface area contributed by atoms with Crippen LogP contribution >= 0.6 is 39.1 Å². The van der Waals surface area contributed by atoms with E-state index in [2.05, 4.69) is 31.4 Å². The number of carbonyl (C=O) groups is 1.